The van der Waals surface area contributed by atoms with Crippen molar-refractivity contribution < 1.29 is 5.11 Å². The second-order valence-corrected chi connectivity index (χ2v) is 6.08. The number of hydrogen-bond acceptors (Lipinski definition) is 2. The van der Waals surface area contributed by atoms with E-state index in [1.807, 2.05) is 26.0 Å². The highest BCUT2D eigenvalue weighted by molar-refractivity contribution is 6.30. The molecule has 0 heterocycles. The molecule has 0 spiro atoms. The Labute approximate surface area is 114 Å². The topological polar surface area (TPSA) is 32.3 Å². The summed E-state index contributed by atoms with van der Waals surface area (Å²) in [6, 6.07) is 8.69. The fourth-order valence-corrected chi connectivity index (χ4v) is 2.41. The third kappa shape index (κ3) is 3.47. The molecule has 18 heavy (non-hydrogen) atoms. The zero-order valence-corrected chi connectivity index (χ0v) is 11.9. The van der Waals surface area contributed by atoms with Crippen molar-refractivity contribution in [1.29, 1.82) is 0 Å². The minimum absolute atomic E-state index is 0.545. The third-order valence-corrected chi connectivity index (χ3v) is 4.26. The van der Waals surface area contributed by atoms with E-state index in [9.17, 15) is 5.11 Å². The van der Waals surface area contributed by atoms with Crippen LogP contribution in [-0.4, -0.2) is 23.3 Å². The Morgan fingerprint density at radius 2 is 1.94 bits per heavy atom. The predicted molar refractivity (Wildman–Crippen MR) is 76.1 cm³/mol. The zero-order valence-electron chi connectivity index (χ0n) is 11.1. The number of aliphatic hydroxyl groups is 1. The molecule has 1 saturated carbocycles. The van der Waals surface area contributed by atoms with E-state index >= 15 is 0 Å². The van der Waals surface area contributed by atoms with E-state index in [1.165, 1.54) is 5.56 Å². The minimum Gasteiger partial charge on any atom is -0.389 e. The first-order valence-corrected chi connectivity index (χ1v) is 7.09. The second-order valence-electron chi connectivity index (χ2n) is 5.65. The molecule has 1 unspecified atom stereocenters. The number of rotatable bonds is 5. The fourth-order valence-electron chi connectivity index (χ4n) is 2.28. The standard InChI is InChI=1S/C15H22ClNO/c1-3-15(2,18)10-17-14-8-12(9-14)11-4-6-13(16)7-5-11/h4-7,12,14,17-18H,3,8-10H2,1-2H3. The van der Waals surface area contributed by atoms with Crippen molar-refractivity contribution in [3.05, 3.63) is 34.9 Å². The van der Waals surface area contributed by atoms with Crippen LogP contribution in [0, 0.1) is 0 Å². The van der Waals surface area contributed by atoms with Crippen LogP contribution in [0.15, 0.2) is 24.3 Å². The highest BCUT2D eigenvalue weighted by atomic mass is 35.5. The first kappa shape index (κ1) is 13.9. The summed E-state index contributed by atoms with van der Waals surface area (Å²) >= 11 is 5.88. The van der Waals surface area contributed by atoms with Crippen molar-refractivity contribution in [2.75, 3.05) is 6.54 Å². The average Bonchev–Trinajstić information content (AvgIpc) is 2.29. The van der Waals surface area contributed by atoms with Gasteiger partial charge >= 0.3 is 0 Å². The number of nitrogens with one attached hydrogen (secondary N) is 1. The maximum Gasteiger partial charge on any atom is 0.0741 e. The van der Waals surface area contributed by atoms with Crippen LogP contribution in [0.4, 0.5) is 0 Å². The first-order chi connectivity index (χ1) is 8.50. The SMILES string of the molecule is CCC(C)(O)CNC1CC(c2ccc(Cl)cc2)C1. The van der Waals surface area contributed by atoms with Crippen molar-refractivity contribution in [2.24, 2.45) is 0 Å². The van der Waals surface area contributed by atoms with Crippen molar-refractivity contribution in [3.8, 4) is 0 Å². The van der Waals surface area contributed by atoms with Gasteiger partial charge in [-0.15, -0.1) is 0 Å². The van der Waals surface area contributed by atoms with E-state index in [-0.39, 0.29) is 0 Å². The molecule has 1 fully saturated rings. The number of hydrogen-bond donors (Lipinski definition) is 2. The summed E-state index contributed by atoms with van der Waals surface area (Å²) in [7, 11) is 0. The van der Waals surface area contributed by atoms with Crippen molar-refractivity contribution in [3.63, 3.8) is 0 Å². The van der Waals surface area contributed by atoms with E-state index < -0.39 is 5.60 Å². The van der Waals surface area contributed by atoms with Gasteiger partial charge in [0.1, 0.15) is 0 Å². The Bertz CT molecular complexity index is 382. The Morgan fingerprint density at radius 3 is 2.50 bits per heavy atom. The Hall–Kier alpha value is -0.570. The lowest BCUT2D eigenvalue weighted by atomic mass is 9.75. The minimum atomic E-state index is -0.578. The first-order valence-electron chi connectivity index (χ1n) is 6.71. The molecular formula is C15H22ClNO. The molecule has 0 aliphatic heterocycles. The molecule has 0 amide bonds. The fraction of sp³-hybridized carbons (Fsp3) is 0.600. The van der Waals surface area contributed by atoms with Gasteiger partial charge in [-0.1, -0.05) is 30.7 Å². The number of benzene rings is 1. The van der Waals surface area contributed by atoms with Gasteiger partial charge in [0, 0.05) is 17.6 Å². The summed E-state index contributed by atoms with van der Waals surface area (Å²) in [5, 5.41) is 14.2. The summed E-state index contributed by atoms with van der Waals surface area (Å²) in [6.45, 7) is 4.58. The lowest BCUT2D eigenvalue weighted by Gasteiger charge is -2.38. The predicted octanol–water partition coefficient (Wildman–Crippen LogP) is 3.34. The molecule has 0 aromatic heterocycles. The van der Waals surface area contributed by atoms with Gasteiger partial charge in [0.2, 0.25) is 0 Å². The molecule has 1 aliphatic carbocycles. The van der Waals surface area contributed by atoms with E-state index in [2.05, 4.69) is 17.4 Å². The van der Waals surface area contributed by atoms with Gasteiger partial charge < -0.3 is 10.4 Å². The van der Waals surface area contributed by atoms with E-state index in [0.29, 0.717) is 18.5 Å². The maximum atomic E-state index is 9.93. The van der Waals surface area contributed by atoms with Crippen molar-refractivity contribution >= 4 is 11.6 Å². The average molecular weight is 268 g/mol. The van der Waals surface area contributed by atoms with Gasteiger partial charge in [-0.05, 0) is 49.8 Å². The quantitative estimate of drug-likeness (QED) is 0.858. The smallest absolute Gasteiger partial charge is 0.0741 e. The molecule has 2 nitrogen and oxygen atoms in total. The molecule has 3 heteroatoms. The van der Waals surface area contributed by atoms with Crippen LogP contribution in [0.5, 0.6) is 0 Å². The molecule has 2 rings (SSSR count). The summed E-state index contributed by atoms with van der Waals surface area (Å²) in [5.74, 6) is 0.645. The Balaban J connectivity index is 1.75. The molecule has 2 N–H and O–H groups in total. The van der Waals surface area contributed by atoms with Crippen LogP contribution in [0.1, 0.15) is 44.6 Å². The number of halogens is 1. The molecule has 1 aliphatic rings. The van der Waals surface area contributed by atoms with Crippen LogP contribution < -0.4 is 5.32 Å². The summed E-state index contributed by atoms with van der Waals surface area (Å²) in [6.07, 6.45) is 3.09. The summed E-state index contributed by atoms with van der Waals surface area (Å²) in [5.41, 5.74) is 0.797. The van der Waals surface area contributed by atoms with E-state index in [0.717, 1.165) is 24.3 Å². The Morgan fingerprint density at radius 1 is 1.33 bits per heavy atom. The summed E-state index contributed by atoms with van der Waals surface area (Å²) < 4.78 is 0. The van der Waals surface area contributed by atoms with E-state index in [4.69, 9.17) is 11.6 Å². The molecular weight excluding hydrogens is 246 g/mol. The highest BCUT2D eigenvalue weighted by Gasteiger charge is 2.31. The van der Waals surface area contributed by atoms with Gasteiger partial charge in [-0.25, -0.2) is 0 Å². The van der Waals surface area contributed by atoms with E-state index in [1.54, 1.807) is 0 Å². The van der Waals surface area contributed by atoms with Gasteiger partial charge in [0.25, 0.3) is 0 Å². The van der Waals surface area contributed by atoms with Crippen molar-refractivity contribution in [1.82, 2.24) is 5.32 Å². The molecule has 0 radical (unpaired) electrons. The lowest BCUT2D eigenvalue weighted by Crippen LogP contribution is -2.47. The highest BCUT2D eigenvalue weighted by Crippen LogP contribution is 2.37. The van der Waals surface area contributed by atoms with Gasteiger partial charge in [0.05, 0.1) is 5.60 Å². The van der Waals surface area contributed by atoms with Gasteiger partial charge in [-0.3, -0.25) is 0 Å². The largest absolute Gasteiger partial charge is 0.389 e. The molecule has 100 valence electrons. The molecule has 0 saturated heterocycles. The monoisotopic (exact) mass is 267 g/mol. The molecule has 1 atom stereocenters. The second kappa shape index (κ2) is 5.60. The van der Waals surface area contributed by atoms with Crippen LogP contribution in [0.3, 0.4) is 0 Å². The molecule has 0 bridgehead atoms. The van der Waals surface area contributed by atoms with Crippen LogP contribution >= 0.6 is 11.6 Å². The zero-order chi connectivity index (χ0) is 13.2. The van der Waals surface area contributed by atoms with Gasteiger partial charge in [0.15, 0.2) is 0 Å². The van der Waals surface area contributed by atoms with Crippen LogP contribution in [0.25, 0.3) is 0 Å². The van der Waals surface area contributed by atoms with Gasteiger partial charge in [-0.2, -0.15) is 0 Å². The molecule has 1 aromatic carbocycles. The van der Waals surface area contributed by atoms with Crippen LogP contribution in [-0.2, 0) is 0 Å². The van der Waals surface area contributed by atoms with Crippen LogP contribution in [0.2, 0.25) is 5.02 Å². The lowest BCUT2D eigenvalue weighted by molar-refractivity contribution is 0.0482. The van der Waals surface area contributed by atoms with Crippen molar-refractivity contribution in [2.45, 2.75) is 50.7 Å². The summed E-state index contributed by atoms with van der Waals surface area (Å²) in [4.78, 5) is 0. The normalized spacial score (nSPS) is 26.4. The Kier molecular flexibility index (Phi) is 4.31. The third-order valence-electron chi connectivity index (χ3n) is 4.01. The maximum absolute atomic E-state index is 9.93. The molecule has 1 aromatic rings.